The first-order chi connectivity index (χ1) is 16.7. The number of rotatable bonds is 10. The number of carboxylic acid groups (broad SMARTS) is 1. The van der Waals surface area contributed by atoms with E-state index in [-0.39, 0.29) is 0 Å². The number of aromatic amines is 1. The number of aliphatic carboxylic acids is 1. The van der Waals surface area contributed by atoms with Gasteiger partial charge in [-0.05, 0) is 54.3 Å². The first-order valence-electron chi connectivity index (χ1n) is 11.0. The van der Waals surface area contributed by atoms with E-state index in [2.05, 4.69) is 24.0 Å². The molecule has 0 saturated heterocycles. The molecule has 1 unspecified atom stereocenters. The van der Waals surface area contributed by atoms with Crippen LogP contribution in [0.2, 0.25) is 0 Å². The van der Waals surface area contributed by atoms with Crippen LogP contribution in [0.1, 0.15) is 23.5 Å². The van der Waals surface area contributed by atoms with Gasteiger partial charge in [0.2, 0.25) is 0 Å². The summed E-state index contributed by atoms with van der Waals surface area (Å²) in [5.41, 5.74) is 3.93. The Morgan fingerprint density at radius 1 is 1.15 bits per heavy atom. The summed E-state index contributed by atoms with van der Waals surface area (Å²) in [6.45, 7) is 1.34. The molecule has 0 aliphatic heterocycles. The zero-order chi connectivity index (χ0) is 23.3. The van der Waals surface area contributed by atoms with Crippen molar-refractivity contribution in [2.75, 3.05) is 18.5 Å². The van der Waals surface area contributed by atoms with Crippen LogP contribution in [0.5, 0.6) is 5.75 Å². The third-order valence-corrected chi connectivity index (χ3v) is 6.26. The van der Waals surface area contributed by atoms with Crippen LogP contribution >= 0.6 is 11.7 Å². The van der Waals surface area contributed by atoms with Crippen LogP contribution in [0, 0.1) is 0 Å². The number of H-pyrrole nitrogens is 1. The highest BCUT2D eigenvalue weighted by Gasteiger charge is 2.25. The Bertz CT molecular complexity index is 1420. The highest BCUT2D eigenvalue weighted by atomic mass is 32.1. The van der Waals surface area contributed by atoms with Crippen LogP contribution in [0.15, 0.2) is 67.0 Å². The minimum atomic E-state index is -0.880. The molecule has 172 valence electrons. The Balaban J connectivity index is 1.25. The normalized spacial score (nSPS) is 12.1. The Hall–Kier alpha value is -3.98. The molecule has 0 saturated carbocycles. The third kappa shape index (κ3) is 4.69. The fourth-order valence-electron chi connectivity index (χ4n) is 4.03. The van der Waals surface area contributed by atoms with E-state index < -0.39 is 11.9 Å². The second-order valence-electron chi connectivity index (χ2n) is 7.94. The van der Waals surface area contributed by atoms with Crippen LogP contribution in [0.25, 0.3) is 21.9 Å². The third-order valence-electron chi connectivity index (χ3n) is 5.71. The molecule has 0 bridgehead atoms. The molecule has 5 rings (SSSR count). The number of nitrogens with zero attached hydrogens (tertiary/aromatic N) is 3. The van der Waals surface area contributed by atoms with E-state index in [0.717, 1.165) is 58.2 Å². The first kappa shape index (κ1) is 21.8. The van der Waals surface area contributed by atoms with Crippen molar-refractivity contribution in [3.05, 3.63) is 78.1 Å². The van der Waals surface area contributed by atoms with Gasteiger partial charge in [0.1, 0.15) is 22.6 Å². The number of nitrogens with one attached hydrogen (secondary N) is 2. The van der Waals surface area contributed by atoms with Gasteiger partial charge >= 0.3 is 5.97 Å². The minimum absolute atomic E-state index is 0.353. The van der Waals surface area contributed by atoms with Gasteiger partial charge in [0, 0.05) is 35.9 Å². The monoisotopic (exact) mass is 473 g/mol. The van der Waals surface area contributed by atoms with Crippen molar-refractivity contribution < 1.29 is 14.6 Å². The van der Waals surface area contributed by atoms with E-state index in [1.54, 1.807) is 6.20 Å². The summed E-state index contributed by atoms with van der Waals surface area (Å²) in [6.07, 6.45) is 4.82. The van der Waals surface area contributed by atoms with Gasteiger partial charge in [0.05, 0.1) is 24.3 Å². The SMILES string of the molecule is O=C(O)C(Cc1c[nH]c2cc(OCCCNc3ccccn3)ccc12)c1cccc2nsnc12. The molecular formula is C25H23N5O3S. The van der Waals surface area contributed by atoms with Crippen LogP contribution in [-0.4, -0.2) is 42.9 Å². The minimum Gasteiger partial charge on any atom is -0.493 e. The number of fused-ring (bicyclic) bond motifs is 2. The summed E-state index contributed by atoms with van der Waals surface area (Å²) in [4.78, 5) is 19.7. The highest BCUT2D eigenvalue weighted by molar-refractivity contribution is 7.00. The lowest BCUT2D eigenvalue weighted by atomic mass is 9.91. The van der Waals surface area contributed by atoms with Gasteiger partial charge in [-0.2, -0.15) is 8.75 Å². The molecule has 0 aliphatic rings. The van der Waals surface area contributed by atoms with E-state index in [0.29, 0.717) is 24.1 Å². The molecule has 9 heteroatoms. The number of hydrogen-bond acceptors (Lipinski definition) is 7. The molecule has 0 amide bonds. The maximum absolute atomic E-state index is 12.2. The summed E-state index contributed by atoms with van der Waals surface area (Å²) in [5.74, 6) is 0.0276. The van der Waals surface area contributed by atoms with Gasteiger partial charge in [-0.1, -0.05) is 18.2 Å². The summed E-state index contributed by atoms with van der Waals surface area (Å²) >= 11 is 1.10. The van der Waals surface area contributed by atoms with Crippen molar-refractivity contribution >= 4 is 45.5 Å². The number of anilines is 1. The lowest BCUT2D eigenvalue weighted by Gasteiger charge is -2.13. The van der Waals surface area contributed by atoms with E-state index in [1.165, 1.54) is 0 Å². The molecule has 0 radical (unpaired) electrons. The molecule has 0 fully saturated rings. The Morgan fingerprint density at radius 2 is 2.09 bits per heavy atom. The van der Waals surface area contributed by atoms with Gasteiger partial charge in [-0.25, -0.2) is 4.98 Å². The van der Waals surface area contributed by atoms with Gasteiger partial charge in [0.15, 0.2) is 0 Å². The van der Waals surface area contributed by atoms with Gasteiger partial charge < -0.3 is 20.1 Å². The number of ether oxygens (including phenoxy) is 1. The van der Waals surface area contributed by atoms with Crippen molar-refractivity contribution in [3.63, 3.8) is 0 Å². The Morgan fingerprint density at radius 3 is 2.94 bits per heavy atom. The number of aromatic nitrogens is 4. The molecule has 34 heavy (non-hydrogen) atoms. The molecular weight excluding hydrogens is 450 g/mol. The van der Waals surface area contributed by atoms with Crippen LogP contribution in [0.3, 0.4) is 0 Å². The molecule has 8 nitrogen and oxygen atoms in total. The van der Waals surface area contributed by atoms with Crippen molar-refractivity contribution in [1.29, 1.82) is 0 Å². The largest absolute Gasteiger partial charge is 0.493 e. The van der Waals surface area contributed by atoms with Crippen LogP contribution < -0.4 is 10.1 Å². The van der Waals surface area contributed by atoms with E-state index in [9.17, 15) is 9.90 Å². The van der Waals surface area contributed by atoms with E-state index in [1.807, 2.05) is 60.8 Å². The number of benzene rings is 2. The summed E-state index contributed by atoms with van der Waals surface area (Å²) in [5, 5.41) is 14.2. The first-order valence-corrected chi connectivity index (χ1v) is 11.7. The molecule has 1 atom stereocenters. The molecule has 3 aromatic heterocycles. The maximum atomic E-state index is 12.2. The lowest BCUT2D eigenvalue weighted by molar-refractivity contribution is -0.138. The number of pyridine rings is 1. The van der Waals surface area contributed by atoms with Crippen molar-refractivity contribution in [2.24, 2.45) is 0 Å². The second kappa shape index (κ2) is 9.88. The highest BCUT2D eigenvalue weighted by Crippen LogP contribution is 2.31. The zero-order valence-electron chi connectivity index (χ0n) is 18.3. The molecule has 0 aliphatic carbocycles. The number of carboxylic acids is 1. The van der Waals surface area contributed by atoms with Gasteiger partial charge in [-0.15, -0.1) is 0 Å². The van der Waals surface area contributed by atoms with Crippen molar-refractivity contribution in [3.8, 4) is 5.75 Å². The second-order valence-corrected chi connectivity index (χ2v) is 8.47. The van der Waals surface area contributed by atoms with Crippen molar-refractivity contribution in [1.82, 2.24) is 18.7 Å². The average Bonchev–Trinajstić information content (AvgIpc) is 3.49. The van der Waals surface area contributed by atoms with E-state index >= 15 is 0 Å². The Labute approximate surface area is 200 Å². The quantitative estimate of drug-likeness (QED) is 0.248. The topological polar surface area (TPSA) is 113 Å². The molecule has 0 spiro atoms. The molecule has 2 aromatic carbocycles. The lowest BCUT2D eigenvalue weighted by Crippen LogP contribution is -2.14. The van der Waals surface area contributed by atoms with Crippen LogP contribution in [-0.2, 0) is 11.2 Å². The fraction of sp³-hybridized carbons (Fsp3) is 0.200. The smallest absolute Gasteiger partial charge is 0.311 e. The Kier molecular flexibility index (Phi) is 6.35. The number of carbonyl (C=O) groups is 1. The number of hydrogen-bond donors (Lipinski definition) is 3. The molecule has 3 N–H and O–H groups in total. The van der Waals surface area contributed by atoms with E-state index in [4.69, 9.17) is 4.74 Å². The molecule has 3 heterocycles. The summed E-state index contributed by atoms with van der Waals surface area (Å²) in [7, 11) is 0. The fourth-order valence-corrected chi connectivity index (χ4v) is 4.59. The van der Waals surface area contributed by atoms with Crippen LogP contribution in [0.4, 0.5) is 5.82 Å². The standard InChI is InChI=1S/C25H23N5O3S/c31-25(32)20(19-5-3-6-21-24(19)30-34-29-21)13-16-15-28-22-14-17(8-9-18(16)22)33-12-4-11-27-23-7-1-2-10-26-23/h1-3,5-10,14-15,20,28H,4,11-13H2,(H,26,27)(H,31,32). The predicted molar refractivity (Wildman–Crippen MR) is 133 cm³/mol. The summed E-state index contributed by atoms with van der Waals surface area (Å²) in [6, 6.07) is 17.1. The van der Waals surface area contributed by atoms with Gasteiger partial charge in [0.25, 0.3) is 0 Å². The van der Waals surface area contributed by atoms with Gasteiger partial charge in [-0.3, -0.25) is 4.79 Å². The average molecular weight is 474 g/mol. The van der Waals surface area contributed by atoms with Crippen molar-refractivity contribution in [2.45, 2.75) is 18.8 Å². The predicted octanol–water partition coefficient (Wildman–Crippen LogP) is 4.86. The maximum Gasteiger partial charge on any atom is 0.311 e. The summed E-state index contributed by atoms with van der Waals surface area (Å²) < 4.78 is 14.5. The zero-order valence-corrected chi connectivity index (χ0v) is 19.1. The molecule has 5 aromatic rings.